The average Bonchev–Trinajstić information content (AvgIpc) is 3.20. The fraction of sp³-hybridized carbons (Fsp3) is 0.885. The summed E-state index contributed by atoms with van der Waals surface area (Å²) in [6.07, 6.45) is 12.6. The van der Waals surface area contributed by atoms with Crippen molar-refractivity contribution in [1.29, 1.82) is 0 Å². The zero-order valence-electron chi connectivity index (χ0n) is 19.3. The van der Waals surface area contributed by atoms with Gasteiger partial charge >= 0.3 is 0 Å². The van der Waals surface area contributed by atoms with Crippen LogP contribution in [-0.4, -0.2) is 30.8 Å². The molecular weight excluding hydrogens is 342 g/mol. The van der Waals surface area contributed by atoms with Crippen molar-refractivity contribution in [2.24, 2.45) is 38.9 Å². The van der Waals surface area contributed by atoms with E-state index in [1.54, 1.807) is 0 Å². The van der Waals surface area contributed by atoms with Crippen LogP contribution in [0.1, 0.15) is 86.0 Å². The number of hydrogen-bond acceptors (Lipinski definition) is 2. The van der Waals surface area contributed by atoms with Gasteiger partial charge in [0.25, 0.3) is 0 Å². The lowest BCUT2D eigenvalue weighted by Gasteiger charge is -2.63. The molecule has 0 N–H and O–H groups in total. The third-order valence-electron chi connectivity index (χ3n) is 11.6. The highest BCUT2D eigenvalue weighted by molar-refractivity contribution is 6.00. The maximum atomic E-state index is 13.0. The number of hydrogen-bond donors (Lipinski definition) is 0. The molecule has 2 spiro atoms. The lowest BCUT2D eigenvalue weighted by atomic mass is 9.42. The van der Waals surface area contributed by atoms with E-state index in [1.807, 2.05) is 0 Å². The van der Waals surface area contributed by atoms with Crippen LogP contribution in [0.25, 0.3) is 0 Å². The average molecular weight is 384 g/mol. The van der Waals surface area contributed by atoms with E-state index in [0.717, 1.165) is 18.3 Å². The maximum Gasteiger partial charge on any atom is 0.159 e. The zero-order chi connectivity index (χ0) is 20.3. The van der Waals surface area contributed by atoms with E-state index in [4.69, 9.17) is 0 Å². The topological polar surface area (TPSA) is 20.3 Å². The van der Waals surface area contributed by atoms with Crippen LogP contribution in [0.2, 0.25) is 0 Å². The predicted octanol–water partition coefficient (Wildman–Crippen LogP) is 5.86. The van der Waals surface area contributed by atoms with Gasteiger partial charge < -0.3 is 4.90 Å². The second-order valence-corrected chi connectivity index (χ2v) is 12.6. The summed E-state index contributed by atoms with van der Waals surface area (Å²) < 4.78 is 0. The molecule has 5 saturated carbocycles. The molecule has 0 unspecified atom stereocenters. The van der Waals surface area contributed by atoms with Crippen molar-refractivity contribution in [2.75, 3.05) is 14.1 Å². The molecular formula is C26H41NO. The minimum absolute atomic E-state index is 0.113. The number of Topliss-reactive ketones (excluding diaryl/α,β-unsaturated/α-hetero) is 1. The molecule has 5 aliphatic carbocycles. The molecule has 5 aliphatic rings. The summed E-state index contributed by atoms with van der Waals surface area (Å²) in [7, 11) is 4.57. The van der Waals surface area contributed by atoms with Gasteiger partial charge in [0.2, 0.25) is 0 Å². The summed E-state index contributed by atoms with van der Waals surface area (Å²) >= 11 is 0. The predicted molar refractivity (Wildman–Crippen MR) is 115 cm³/mol. The van der Waals surface area contributed by atoms with Crippen molar-refractivity contribution in [3.05, 3.63) is 11.6 Å². The summed E-state index contributed by atoms with van der Waals surface area (Å²) in [5.74, 6) is 2.07. The summed E-state index contributed by atoms with van der Waals surface area (Å²) in [5.41, 5.74) is 2.99. The van der Waals surface area contributed by atoms with Crippen LogP contribution in [0, 0.1) is 38.9 Å². The number of carbonyl (C=O) groups excluding carboxylic acids is 1. The number of carbonyl (C=O) groups is 1. The van der Waals surface area contributed by atoms with Gasteiger partial charge in [-0.3, -0.25) is 4.79 Å². The lowest BCUT2D eigenvalue weighted by Crippen LogP contribution is -2.58. The molecule has 5 rings (SSSR count). The van der Waals surface area contributed by atoms with Crippen molar-refractivity contribution in [1.82, 2.24) is 4.90 Å². The molecule has 0 heterocycles. The molecule has 2 heteroatoms. The zero-order valence-corrected chi connectivity index (χ0v) is 19.3. The normalized spacial score (nSPS) is 55.5. The smallest absolute Gasteiger partial charge is 0.159 e. The second-order valence-electron chi connectivity index (χ2n) is 12.6. The molecule has 0 aliphatic heterocycles. The molecule has 156 valence electrons. The van der Waals surface area contributed by atoms with Crippen LogP contribution in [0.4, 0.5) is 0 Å². The molecule has 5 fully saturated rings. The third kappa shape index (κ3) is 1.84. The van der Waals surface area contributed by atoms with Gasteiger partial charge in [0.05, 0.1) is 0 Å². The largest absolute Gasteiger partial charge is 0.306 e. The van der Waals surface area contributed by atoms with E-state index in [2.05, 4.69) is 59.7 Å². The fourth-order valence-electron chi connectivity index (χ4n) is 10.4. The first-order valence-electron chi connectivity index (χ1n) is 11.9. The Morgan fingerprint density at radius 2 is 1.57 bits per heavy atom. The van der Waals surface area contributed by atoms with Crippen LogP contribution >= 0.6 is 0 Å². The van der Waals surface area contributed by atoms with E-state index in [9.17, 15) is 4.79 Å². The monoisotopic (exact) mass is 383 g/mol. The van der Waals surface area contributed by atoms with Gasteiger partial charge in [-0.05, 0) is 105 Å². The number of rotatable bonds is 1. The van der Waals surface area contributed by atoms with E-state index in [0.29, 0.717) is 28.1 Å². The molecule has 0 aromatic heterocycles. The third-order valence-corrected chi connectivity index (χ3v) is 11.6. The molecule has 0 bridgehead atoms. The second kappa shape index (κ2) is 5.34. The number of nitrogens with zero attached hydrogens (tertiary/aromatic N) is 1. The molecule has 0 radical (unpaired) electrons. The van der Waals surface area contributed by atoms with Crippen LogP contribution in [0.5, 0.6) is 0 Å². The van der Waals surface area contributed by atoms with Gasteiger partial charge in [0.1, 0.15) is 0 Å². The summed E-state index contributed by atoms with van der Waals surface area (Å²) in [6.45, 7) is 12.2. The first-order valence-corrected chi connectivity index (χ1v) is 11.9. The Balaban J connectivity index is 1.55. The fourth-order valence-corrected chi connectivity index (χ4v) is 10.4. The van der Waals surface area contributed by atoms with Crippen molar-refractivity contribution in [2.45, 2.75) is 92.0 Å². The van der Waals surface area contributed by atoms with Crippen molar-refractivity contribution >= 4 is 5.78 Å². The molecule has 2 nitrogen and oxygen atoms in total. The molecule has 0 saturated heterocycles. The Hall–Kier alpha value is -0.630. The standard InChI is InChI=1S/C26H41NO/c1-8-17-18(28)15-24(5)20-10-9-19-22(2,3)21(27(6)7)11-12-25(19)16-26(20,25)14-13-23(17,24)4/h8,19-21H,9-16H2,1-7H3/b17-8+/t19-,20-,21-,23+,24-,25+,26-/m0/s1. The van der Waals surface area contributed by atoms with Gasteiger partial charge in [-0.2, -0.15) is 0 Å². The Kier molecular flexibility index (Phi) is 3.69. The Bertz CT molecular complexity index is 764. The molecule has 0 amide bonds. The van der Waals surface area contributed by atoms with E-state index in [1.165, 1.54) is 50.5 Å². The lowest BCUT2D eigenvalue weighted by molar-refractivity contribution is -0.136. The quantitative estimate of drug-likeness (QED) is 0.528. The SMILES string of the molecule is C/C=C1\C(=O)C[C@@]2(C)[C@@H]3CC[C@H]4C(C)(C)[C@@H](N(C)C)CC[C@@]45C[C@@]35CC[C@]12C. The molecule has 0 aromatic rings. The van der Waals surface area contributed by atoms with Crippen molar-refractivity contribution in [3.63, 3.8) is 0 Å². The minimum Gasteiger partial charge on any atom is -0.306 e. The summed E-state index contributed by atoms with van der Waals surface area (Å²) in [5, 5.41) is 0. The van der Waals surface area contributed by atoms with Crippen LogP contribution in [-0.2, 0) is 4.79 Å². The first-order chi connectivity index (χ1) is 13.0. The summed E-state index contributed by atoms with van der Waals surface area (Å²) in [4.78, 5) is 15.5. The Morgan fingerprint density at radius 3 is 2.21 bits per heavy atom. The number of allylic oxidation sites excluding steroid dienone is 2. The molecule has 28 heavy (non-hydrogen) atoms. The van der Waals surface area contributed by atoms with Gasteiger partial charge in [0, 0.05) is 17.9 Å². The molecule has 7 atom stereocenters. The highest BCUT2D eigenvalue weighted by atomic mass is 16.1. The minimum atomic E-state index is 0.113. The van der Waals surface area contributed by atoms with E-state index < -0.39 is 0 Å². The molecule has 0 aromatic carbocycles. The van der Waals surface area contributed by atoms with Crippen molar-refractivity contribution < 1.29 is 4.79 Å². The van der Waals surface area contributed by atoms with Gasteiger partial charge in [-0.25, -0.2) is 0 Å². The van der Waals surface area contributed by atoms with Gasteiger partial charge in [0.15, 0.2) is 5.78 Å². The Morgan fingerprint density at radius 1 is 0.929 bits per heavy atom. The highest BCUT2D eigenvalue weighted by Crippen LogP contribution is 2.88. The first kappa shape index (κ1) is 19.3. The Labute approximate surface area is 172 Å². The van der Waals surface area contributed by atoms with Gasteiger partial charge in [-0.15, -0.1) is 0 Å². The van der Waals surface area contributed by atoms with E-state index in [-0.39, 0.29) is 10.8 Å². The highest BCUT2D eigenvalue weighted by Gasteiger charge is 2.82. The van der Waals surface area contributed by atoms with Gasteiger partial charge in [-0.1, -0.05) is 33.8 Å². The van der Waals surface area contributed by atoms with Crippen LogP contribution in [0.3, 0.4) is 0 Å². The number of ketones is 1. The van der Waals surface area contributed by atoms with Crippen LogP contribution in [0.15, 0.2) is 11.6 Å². The van der Waals surface area contributed by atoms with E-state index >= 15 is 0 Å². The van der Waals surface area contributed by atoms with Crippen molar-refractivity contribution in [3.8, 4) is 0 Å². The summed E-state index contributed by atoms with van der Waals surface area (Å²) in [6, 6.07) is 0.712. The van der Waals surface area contributed by atoms with Crippen LogP contribution < -0.4 is 0 Å². The maximum absolute atomic E-state index is 13.0. The number of fused-ring (bicyclic) bond motifs is 2.